The average molecular weight is 372 g/mol. The molecule has 120 valence electrons. The van der Waals surface area contributed by atoms with E-state index >= 15 is 0 Å². The van der Waals surface area contributed by atoms with Gasteiger partial charge in [0.25, 0.3) is 0 Å². The second kappa shape index (κ2) is 6.39. The number of nitrogens with zero attached hydrogens (tertiary/aromatic N) is 1. The third-order valence-corrected chi connectivity index (χ3v) is 6.26. The number of aliphatic hydroxyl groups excluding tert-OH is 1. The van der Waals surface area contributed by atoms with Crippen molar-refractivity contribution in [2.75, 3.05) is 13.2 Å². The van der Waals surface area contributed by atoms with E-state index in [4.69, 9.17) is 0 Å². The van der Waals surface area contributed by atoms with Gasteiger partial charge in [0, 0.05) is 16.4 Å². The minimum atomic E-state index is 0.121. The molecule has 1 heterocycles. The van der Waals surface area contributed by atoms with Gasteiger partial charge in [-0.2, -0.15) is 0 Å². The van der Waals surface area contributed by atoms with Gasteiger partial charge in [0.05, 0.1) is 12.6 Å². The van der Waals surface area contributed by atoms with Crippen LogP contribution in [0, 0.1) is 0 Å². The molecule has 1 saturated heterocycles. The third-order valence-electron chi connectivity index (χ3n) is 5.57. The fraction of sp³-hybridized carbons (Fsp3) is 0.400. The molecule has 1 fully saturated rings. The molecule has 3 heteroatoms. The number of aliphatic hydroxyl groups is 1. The Morgan fingerprint density at radius 2 is 1.91 bits per heavy atom. The summed E-state index contributed by atoms with van der Waals surface area (Å²) in [5.41, 5.74) is 4.24. The number of fused-ring (bicyclic) bond motifs is 3. The van der Waals surface area contributed by atoms with Gasteiger partial charge in [-0.3, -0.25) is 4.90 Å². The molecule has 1 N–H and O–H groups in total. The van der Waals surface area contributed by atoms with E-state index in [0.717, 1.165) is 13.0 Å². The molecule has 23 heavy (non-hydrogen) atoms. The van der Waals surface area contributed by atoms with Crippen molar-refractivity contribution in [3.8, 4) is 0 Å². The van der Waals surface area contributed by atoms with E-state index < -0.39 is 0 Å². The van der Waals surface area contributed by atoms with Gasteiger partial charge in [-0.15, -0.1) is 0 Å². The summed E-state index contributed by atoms with van der Waals surface area (Å²) in [6.07, 6.45) is 3.51. The number of halogens is 1. The van der Waals surface area contributed by atoms with E-state index in [1.165, 1.54) is 34.0 Å². The normalized spacial score (nSPS) is 25.0. The Hall–Kier alpha value is -1.16. The van der Waals surface area contributed by atoms with Crippen molar-refractivity contribution in [3.63, 3.8) is 0 Å². The van der Waals surface area contributed by atoms with Crippen LogP contribution in [0.15, 0.2) is 53.0 Å². The molecule has 1 aliphatic heterocycles. The largest absolute Gasteiger partial charge is 0.394 e. The molecule has 2 aromatic rings. The van der Waals surface area contributed by atoms with Crippen molar-refractivity contribution in [3.05, 3.63) is 69.7 Å². The van der Waals surface area contributed by atoms with Crippen LogP contribution in [-0.4, -0.2) is 29.2 Å². The Balaban J connectivity index is 1.66. The number of rotatable bonds is 3. The first-order valence-corrected chi connectivity index (χ1v) is 9.27. The van der Waals surface area contributed by atoms with Gasteiger partial charge in [0.1, 0.15) is 0 Å². The highest BCUT2D eigenvalue weighted by Gasteiger charge is 2.42. The van der Waals surface area contributed by atoms with E-state index in [-0.39, 0.29) is 12.6 Å². The molecular weight excluding hydrogens is 350 g/mol. The Kier molecular flexibility index (Phi) is 4.27. The van der Waals surface area contributed by atoms with E-state index in [1.807, 2.05) is 6.07 Å². The smallest absolute Gasteiger partial charge is 0.0628 e. The lowest BCUT2D eigenvalue weighted by Gasteiger charge is -2.37. The van der Waals surface area contributed by atoms with Gasteiger partial charge in [0.15, 0.2) is 0 Å². The number of aryl methyl sites for hydroxylation is 1. The van der Waals surface area contributed by atoms with Crippen molar-refractivity contribution in [2.24, 2.45) is 0 Å². The van der Waals surface area contributed by atoms with Crippen LogP contribution in [0.4, 0.5) is 0 Å². The van der Waals surface area contributed by atoms with Crippen LogP contribution in [0.5, 0.6) is 0 Å². The maximum atomic E-state index is 10.0. The molecule has 2 aliphatic rings. The maximum Gasteiger partial charge on any atom is 0.0628 e. The Bertz CT molecular complexity index is 687. The zero-order valence-corrected chi connectivity index (χ0v) is 14.7. The van der Waals surface area contributed by atoms with E-state index in [9.17, 15) is 5.11 Å². The van der Waals surface area contributed by atoms with Crippen molar-refractivity contribution in [1.29, 1.82) is 0 Å². The summed E-state index contributed by atoms with van der Waals surface area (Å²) in [5, 5.41) is 10.0. The zero-order chi connectivity index (χ0) is 15.8. The average Bonchev–Trinajstić information content (AvgIpc) is 3.01. The van der Waals surface area contributed by atoms with Crippen LogP contribution in [0.2, 0.25) is 0 Å². The molecule has 0 aromatic heterocycles. The first-order valence-electron chi connectivity index (χ1n) is 8.48. The Morgan fingerprint density at radius 3 is 2.70 bits per heavy atom. The number of likely N-dealkylation sites (tertiary alicyclic amines) is 1. The molecule has 2 nitrogen and oxygen atoms in total. The summed E-state index contributed by atoms with van der Waals surface area (Å²) >= 11 is 3.77. The molecule has 3 atom stereocenters. The van der Waals surface area contributed by atoms with Gasteiger partial charge >= 0.3 is 0 Å². The van der Waals surface area contributed by atoms with Gasteiger partial charge in [0.2, 0.25) is 0 Å². The molecule has 0 unspecified atom stereocenters. The predicted octanol–water partition coefficient (Wildman–Crippen LogP) is 4.29. The van der Waals surface area contributed by atoms with E-state index in [2.05, 4.69) is 63.3 Å². The highest BCUT2D eigenvalue weighted by atomic mass is 79.9. The van der Waals surface area contributed by atoms with Gasteiger partial charge < -0.3 is 5.11 Å². The van der Waals surface area contributed by atoms with Crippen LogP contribution in [0.3, 0.4) is 0 Å². The van der Waals surface area contributed by atoms with Gasteiger partial charge in [-0.25, -0.2) is 0 Å². The third kappa shape index (κ3) is 2.65. The summed E-state index contributed by atoms with van der Waals surface area (Å²) in [7, 11) is 0. The molecule has 0 radical (unpaired) electrons. The fourth-order valence-corrected chi connectivity index (χ4v) is 5.26. The standard InChI is InChI=1S/C20H22BrNO/c21-17-8-4-7-15-9-10-18-16(20(15)17)11-12-22(18)19(13-23)14-5-2-1-3-6-14/h1-8,16,18-19,23H,9-13H2/t16-,18-,19+/m1/s1. The maximum absolute atomic E-state index is 10.0. The minimum Gasteiger partial charge on any atom is -0.394 e. The molecule has 0 saturated carbocycles. The lowest BCUT2D eigenvalue weighted by Crippen LogP contribution is -2.39. The topological polar surface area (TPSA) is 23.5 Å². The molecule has 1 aliphatic carbocycles. The predicted molar refractivity (Wildman–Crippen MR) is 96.6 cm³/mol. The van der Waals surface area contributed by atoms with E-state index in [1.54, 1.807) is 0 Å². The second-order valence-electron chi connectivity index (χ2n) is 6.66. The summed E-state index contributed by atoms with van der Waals surface area (Å²) in [5.74, 6) is 0.590. The quantitative estimate of drug-likeness (QED) is 0.869. The first kappa shape index (κ1) is 15.4. The zero-order valence-electron chi connectivity index (χ0n) is 13.2. The first-order chi connectivity index (χ1) is 11.3. The highest BCUT2D eigenvalue weighted by Crippen LogP contribution is 2.46. The lowest BCUT2D eigenvalue weighted by atomic mass is 9.79. The van der Waals surface area contributed by atoms with Crippen LogP contribution in [-0.2, 0) is 6.42 Å². The monoisotopic (exact) mass is 371 g/mol. The fourth-order valence-electron chi connectivity index (χ4n) is 4.56. The lowest BCUT2D eigenvalue weighted by molar-refractivity contribution is 0.102. The highest BCUT2D eigenvalue weighted by molar-refractivity contribution is 9.10. The summed E-state index contributed by atoms with van der Waals surface area (Å²) in [6.45, 7) is 1.26. The number of hydrogen-bond donors (Lipinski definition) is 1. The molecule has 0 spiro atoms. The molecular formula is C20H22BrNO. The van der Waals surface area contributed by atoms with Crippen LogP contribution < -0.4 is 0 Å². The molecule has 2 aromatic carbocycles. The number of benzene rings is 2. The van der Waals surface area contributed by atoms with Crippen LogP contribution in [0.1, 0.15) is 41.5 Å². The molecule has 0 amide bonds. The molecule has 0 bridgehead atoms. The van der Waals surface area contributed by atoms with Crippen molar-refractivity contribution in [2.45, 2.75) is 37.3 Å². The minimum absolute atomic E-state index is 0.121. The Labute approximate surface area is 146 Å². The van der Waals surface area contributed by atoms with Crippen molar-refractivity contribution < 1.29 is 5.11 Å². The summed E-state index contributed by atoms with van der Waals surface area (Å²) in [6, 6.07) is 17.7. The van der Waals surface area contributed by atoms with Crippen LogP contribution >= 0.6 is 15.9 Å². The van der Waals surface area contributed by atoms with E-state index in [0.29, 0.717) is 12.0 Å². The Morgan fingerprint density at radius 1 is 1.09 bits per heavy atom. The van der Waals surface area contributed by atoms with Crippen molar-refractivity contribution >= 4 is 15.9 Å². The second-order valence-corrected chi connectivity index (χ2v) is 7.52. The SMILES string of the molecule is OC[C@@H](c1ccccc1)N1CC[C@H]2c3c(Br)cccc3CC[C@H]21. The van der Waals surface area contributed by atoms with Crippen LogP contribution in [0.25, 0.3) is 0 Å². The van der Waals surface area contributed by atoms with Crippen molar-refractivity contribution in [1.82, 2.24) is 4.90 Å². The summed E-state index contributed by atoms with van der Waals surface area (Å²) in [4.78, 5) is 2.54. The number of hydrogen-bond acceptors (Lipinski definition) is 2. The van der Waals surface area contributed by atoms with Gasteiger partial charge in [-0.1, -0.05) is 58.4 Å². The summed E-state index contributed by atoms with van der Waals surface area (Å²) < 4.78 is 1.26. The molecule has 4 rings (SSSR count). The van der Waals surface area contributed by atoms with Gasteiger partial charge in [-0.05, 0) is 48.6 Å².